The maximum atomic E-state index is 13.0. The van der Waals surface area contributed by atoms with Crippen molar-refractivity contribution in [1.82, 2.24) is 9.88 Å². The van der Waals surface area contributed by atoms with Crippen LogP contribution in [0.3, 0.4) is 0 Å². The van der Waals surface area contributed by atoms with Gasteiger partial charge in [-0.1, -0.05) is 23.7 Å². The fraction of sp³-hybridized carbons (Fsp3) is 0.294. The zero-order valence-electron chi connectivity index (χ0n) is 13.2. The Kier molecular flexibility index (Phi) is 5.06. The summed E-state index contributed by atoms with van der Waals surface area (Å²) in [5, 5.41) is 0.526. The summed E-state index contributed by atoms with van der Waals surface area (Å²) >= 11 is 5.96. The van der Waals surface area contributed by atoms with E-state index < -0.39 is 15.5 Å². The molecule has 2 heterocycles. The molecule has 0 atom stereocenters. The molecule has 8 heteroatoms. The number of likely N-dealkylation sites (tertiary alicyclic amines) is 1. The lowest BCUT2D eigenvalue weighted by molar-refractivity contribution is -0.126. The predicted molar refractivity (Wildman–Crippen MR) is 95.4 cm³/mol. The van der Waals surface area contributed by atoms with Gasteiger partial charge in [-0.25, -0.2) is 4.98 Å². The second-order valence-corrected chi connectivity index (χ2v) is 7.96. The van der Waals surface area contributed by atoms with Gasteiger partial charge in [-0.05, 0) is 37.1 Å². The van der Waals surface area contributed by atoms with Gasteiger partial charge in [0.1, 0.15) is 0 Å². The molecule has 0 N–H and O–H groups in total. The van der Waals surface area contributed by atoms with Crippen molar-refractivity contribution in [3.05, 3.63) is 47.1 Å². The largest absolute Gasteiger partial charge is 0.339 e. The highest BCUT2D eigenvalue weighted by molar-refractivity contribution is 7.87. The van der Waals surface area contributed by atoms with Crippen molar-refractivity contribution in [2.45, 2.75) is 18.1 Å². The third-order valence-corrected chi connectivity index (χ3v) is 5.73. The van der Waals surface area contributed by atoms with Gasteiger partial charge in [0.15, 0.2) is 0 Å². The number of carbonyl (C=O) groups is 1. The molecule has 0 aliphatic carbocycles. The molecule has 3 rings (SSSR count). The lowest BCUT2D eigenvalue weighted by Gasteiger charge is -2.29. The van der Waals surface area contributed by atoms with Gasteiger partial charge in [0.2, 0.25) is 5.91 Å². The van der Waals surface area contributed by atoms with Crippen LogP contribution in [-0.4, -0.2) is 42.5 Å². The molecule has 1 saturated heterocycles. The van der Waals surface area contributed by atoms with Gasteiger partial charge in [-0.3, -0.25) is 4.79 Å². The zero-order valence-corrected chi connectivity index (χ0v) is 14.8. The van der Waals surface area contributed by atoms with Crippen LogP contribution in [0.1, 0.15) is 18.5 Å². The minimum atomic E-state index is -4.53. The number of hydrogen-bond donors (Lipinski definition) is 0. The molecule has 25 heavy (non-hydrogen) atoms. The average Bonchev–Trinajstić information content (AvgIpc) is 2.58. The highest BCUT2D eigenvalue weighted by atomic mass is 35.5. The summed E-state index contributed by atoms with van der Waals surface area (Å²) in [6.45, 7) is 0.440. The van der Waals surface area contributed by atoms with E-state index in [2.05, 4.69) is 4.98 Å². The first kappa shape index (κ1) is 17.8. The van der Waals surface area contributed by atoms with Crippen LogP contribution in [0.25, 0.3) is 17.0 Å². The molecule has 1 amide bonds. The van der Waals surface area contributed by atoms with Gasteiger partial charge in [-0.15, -0.1) is 3.89 Å². The molecule has 1 aromatic carbocycles. The standard InChI is InChI=1S/C17H16ClFN2O3S/c18-13-3-1-12-2-4-14(20-16(12)11-13)5-6-17(22)21-9-7-15(8-10-21)25(19,23)24/h1-6,11,15H,7-10H2/b6-5+. The van der Waals surface area contributed by atoms with Crippen molar-refractivity contribution in [3.8, 4) is 0 Å². The Bertz CT molecular complexity index is 938. The summed E-state index contributed by atoms with van der Waals surface area (Å²) in [6, 6.07) is 9.08. The van der Waals surface area contributed by atoms with Crippen molar-refractivity contribution < 1.29 is 17.1 Å². The zero-order chi connectivity index (χ0) is 18.0. The Morgan fingerprint density at radius 2 is 1.92 bits per heavy atom. The molecule has 2 aromatic rings. The second-order valence-electron chi connectivity index (χ2n) is 5.91. The summed E-state index contributed by atoms with van der Waals surface area (Å²) in [5.41, 5.74) is 1.35. The van der Waals surface area contributed by atoms with E-state index in [1.165, 1.54) is 11.0 Å². The number of aromatic nitrogens is 1. The number of fused-ring (bicyclic) bond motifs is 1. The average molecular weight is 383 g/mol. The van der Waals surface area contributed by atoms with Crippen LogP contribution in [0.15, 0.2) is 36.4 Å². The number of benzene rings is 1. The first-order valence-electron chi connectivity index (χ1n) is 7.80. The molecule has 0 radical (unpaired) electrons. The molecule has 0 unspecified atom stereocenters. The predicted octanol–water partition coefficient (Wildman–Crippen LogP) is 3.19. The van der Waals surface area contributed by atoms with Gasteiger partial charge in [0, 0.05) is 29.6 Å². The molecular formula is C17H16ClFN2O3S. The first-order valence-corrected chi connectivity index (χ1v) is 9.62. The first-order chi connectivity index (χ1) is 11.8. The number of carbonyl (C=O) groups excluding carboxylic acids is 1. The fourth-order valence-electron chi connectivity index (χ4n) is 2.82. The molecule has 0 bridgehead atoms. The Balaban J connectivity index is 1.67. The SMILES string of the molecule is O=C(/C=C/c1ccc2ccc(Cl)cc2n1)N1CCC(S(=O)(=O)F)CC1. The number of halogens is 2. The van der Waals surface area contributed by atoms with Crippen LogP contribution in [0.2, 0.25) is 5.02 Å². The van der Waals surface area contributed by atoms with E-state index in [0.29, 0.717) is 10.7 Å². The lowest BCUT2D eigenvalue weighted by Crippen LogP contribution is -2.41. The summed E-state index contributed by atoms with van der Waals surface area (Å²) in [5.74, 6) is -0.248. The van der Waals surface area contributed by atoms with Crippen molar-refractivity contribution in [2.75, 3.05) is 13.1 Å². The molecule has 1 aliphatic rings. The van der Waals surface area contributed by atoms with Crippen molar-refractivity contribution in [2.24, 2.45) is 0 Å². The summed E-state index contributed by atoms with van der Waals surface area (Å²) < 4.78 is 34.8. The van der Waals surface area contributed by atoms with Crippen molar-refractivity contribution in [3.63, 3.8) is 0 Å². The number of hydrogen-bond acceptors (Lipinski definition) is 4. The fourth-order valence-corrected chi connectivity index (χ4v) is 3.76. The molecule has 0 spiro atoms. The maximum absolute atomic E-state index is 13.0. The monoisotopic (exact) mass is 382 g/mol. The third kappa shape index (κ3) is 4.35. The number of rotatable bonds is 3. The van der Waals surface area contributed by atoms with Crippen LogP contribution in [0, 0.1) is 0 Å². The number of pyridine rings is 1. The molecule has 1 fully saturated rings. The normalized spacial score (nSPS) is 16.6. The summed E-state index contributed by atoms with van der Waals surface area (Å²) in [4.78, 5) is 18.1. The number of piperidine rings is 1. The summed E-state index contributed by atoms with van der Waals surface area (Å²) in [7, 11) is -4.53. The van der Waals surface area contributed by atoms with Crippen LogP contribution < -0.4 is 0 Å². The Morgan fingerprint density at radius 1 is 1.24 bits per heavy atom. The maximum Gasteiger partial charge on any atom is 0.305 e. The topological polar surface area (TPSA) is 67.3 Å². The second kappa shape index (κ2) is 7.09. The van der Waals surface area contributed by atoms with E-state index in [9.17, 15) is 17.1 Å². The quantitative estimate of drug-likeness (QED) is 0.604. The van der Waals surface area contributed by atoms with Gasteiger partial charge in [-0.2, -0.15) is 8.42 Å². The Labute approximate surface area is 150 Å². The highest BCUT2D eigenvalue weighted by Gasteiger charge is 2.30. The van der Waals surface area contributed by atoms with Crippen LogP contribution in [0.5, 0.6) is 0 Å². The van der Waals surface area contributed by atoms with E-state index in [-0.39, 0.29) is 31.8 Å². The van der Waals surface area contributed by atoms with Gasteiger partial charge in [0.05, 0.1) is 16.5 Å². The Hall–Kier alpha value is -1.99. The third-order valence-electron chi connectivity index (χ3n) is 4.22. The summed E-state index contributed by atoms with van der Waals surface area (Å²) in [6.07, 6.45) is 3.22. The van der Waals surface area contributed by atoms with Crippen LogP contribution in [0.4, 0.5) is 3.89 Å². The molecule has 0 saturated carbocycles. The van der Waals surface area contributed by atoms with E-state index in [4.69, 9.17) is 11.6 Å². The van der Waals surface area contributed by atoms with Crippen LogP contribution in [-0.2, 0) is 15.0 Å². The lowest BCUT2D eigenvalue weighted by atomic mass is 10.1. The van der Waals surface area contributed by atoms with Gasteiger partial charge < -0.3 is 4.90 Å². The highest BCUT2D eigenvalue weighted by Crippen LogP contribution is 2.20. The van der Waals surface area contributed by atoms with Crippen molar-refractivity contribution >= 4 is 44.7 Å². The molecule has 5 nitrogen and oxygen atoms in total. The smallest absolute Gasteiger partial charge is 0.305 e. The minimum Gasteiger partial charge on any atom is -0.339 e. The number of nitrogens with zero attached hydrogens (tertiary/aromatic N) is 2. The van der Waals surface area contributed by atoms with E-state index in [1.54, 1.807) is 24.3 Å². The molecular weight excluding hydrogens is 367 g/mol. The van der Waals surface area contributed by atoms with Gasteiger partial charge >= 0.3 is 10.2 Å². The van der Waals surface area contributed by atoms with Gasteiger partial charge in [0.25, 0.3) is 0 Å². The van der Waals surface area contributed by atoms with Crippen molar-refractivity contribution in [1.29, 1.82) is 0 Å². The van der Waals surface area contributed by atoms with E-state index >= 15 is 0 Å². The molecule has 1 aromatic heterocycles. The minimum absolute atomic E-state index is 0.116. The van der Waals surface area contributed by atoms with E-state index in [1.807, 2.05) is 12.1 Å². The number of amides is 1. The van der Waals surface area contributed by atoms with E-state index in [0.717, 1.165) is 10.9 Å². The molecule has 1 aliphatic heterocycles. The molecule has 132 valence electrons. The Morgan fingerprint density at radius 3 is 2.60 bits per heavy atom. The van der Waals surface area contributed by atoms with Crippen LogP contribution >= 0.6 is 11.6 Å².